The van der Waals surface area contributed by atoms with Crippen LogP contribution in [0.4, 0.5) is 13.2 Å². The molecular formula is C11H12F3NO5. The van der Waals surface area contributed by atoms with E-state index in [9.17, 15) is 23.1 Å². The molecule has 0 unspecified atom stereocenters. The van der Waals surface area contributed by atoms with E-state index in [1.165, 1.54) is 0 Å². The zero-order chi connectivity index (χ0) is 15.3. The van der Waals surface area contributed by atoms with Crippen molar-refractivity contribution in [3.63, 3.8) is 0 Å². The molecular weight excluding hydrogens is 283 g/mol. The summed E-state index contributed by atoms with van der Waals surface area (Å²) in [5.74, 6) is -2.95. The molecule has 0 amide bonds. The number of nitrogens with zero attached hydrogens (tertiary/aromatic N) is 1. The summed E-state index contributed by atoms with van der Waals surface area (Å²) in [6.45, 7) is 1.75. The van der Waals surface area contributed by atoms with E-state index < -0.39 is 24.0 Å². The smallest absolute Gasteiger partial charge is 0.501 e. The van der Waals surface area contributed by atoms with Gasteiger partial charge in [0.2, 0.25) is 5.75 Å². The fourth-order valence-corrected chi connectivity index (χ4v) is 1.41. The zero-order valence-electron chi connectivity index (χ0n) is 10.7. The van der Waals surface area contributed by atoms with Crippen molar-refractivity contribution in [2.45, 2.75) is 19.7 Å². The average molecular weight is 295 g/mol. The third kappa shape index (κ3) is 4.18. The molecule has 9 heteroatoms. The second-order valence-electron chi connectivity index (χ2n) is 3.50. The normalized spacial score (nSPS) is 11.1. The van der Waals surface area contributed by atoms with Crippen LogP contribution >= 0.6 is 0 Å². The van der Waals surface area contributed by atoms with Crippen molar-refractivity contribution in [2.24, 2.45) is 0 Å². The van der Waals surface area contributed by atoms with E-state index in [1.807, 2.05) is 0 Å². The summed E-state index contributed by atoms with van der Waals surface area (Å²) in [7, 11) is 1.13. The number of halogens is 3. The van der Waals surface area contributed by atoms with Crippen LogP contribution in [0.25, 0.3) is 0 Å². The van der Waals surface area contributed by atoms with Crippen molar-refractivity contribution < 1.29 is 37.3 Å². The lowest BCUT2D eigenvalue weighted by molar-refractivity contribution is -0.276. The fraction of sp³-hybridized carbons (Fsp3) is 0.455. The number of ether oxygens (including phenoxy) is 3. The van der Waals surface area contributed by atoms with Gasteiger partial charge in [-0.1, -0.05) is 0 Å². The number of hydrogen-bond donors (Lipinski definition) is 1. The highest BCUT2D eigenvalue weighted by Crippen LogP contribution is 2.39. The van der Waals surface area contributed by atoms with Gasteiger partial charge in [0.1, 0.15) is 0 Å². The second-order valence-corrected chi connectivity index (χ2v) is 3.50. The number of pyridine rings is 1. The quantitative estimate of drug-likeness (QED) is 0.835. The molecule has 0 fully saturated rings. The molecule has 0 saturated heterocycles. The molecule has 0 spiro atoms. The van der Waals surface area contributed by atoms with Gasteiger partial charge in [0.05, 0.1) is 20.1 Å². The monoisotopic (exact) mass is 295 g/mol. The lowest BCUT2D eigenvalue weighted by atomic mass is 10.2. The highest BCUT2D eigenvalue weighted by atomic mass is 19.4. The summed E-state index contributed by atoms with van der Waals surface area (Å²) in [5, 5.41) is 9.61. The van der Waals surface area contributed by atoms with E-state index in [2.05, 4.69) is 14.5 Å². The number of carbonyl (C=O) groups is 1. The highest BCUT2D eigenvalue weighted by Gasteiger charge is 2.34. The number of carbonyl (C=O) groups excluding carboxylic acids is 1. The molecule has 112 valence electrons. The van der Waals surface area contributed by atoms with E-state index in [4.69, 9.17) is 4.74 Å². The molecule has 1 N–H and O–H groups in total. The van der Waals surface area contributed by atoms with E-state index in [-0.39, 0.29) is 24.3 Å². The Morgan fingerprint density at radius 3 is 2.60 bits per heavy atom. The predicted molar refractivity (Wildman–Crippen MR) is 59.5 cm³/mol. The minimum Gasteiger partial charge on any atom is -0.501 e. The zero-order valence-corrected chi connectivity index (χ0v) is 10.7. The summed E-state index contributed by atoms with van der Waals surface area (Å²) in [6.07, 6.45) is -4.36. The maximum absolute atomic E-state index is 12.1. The summed E-state index contributed by atoms with van der Waals surface area (Å²) >= 11 is 0. The van der Waals surface area contributed by atoms with Gasteiger partial charge in [0, 0.05) is 11.8 Å². The Bertz CT molecular complexity index is 490. The summed E-state index contributed by atoms with van der Waals surface area (Å²) < 4.78 is 49.2. The van der Waals surface area contributed by atoms with Crippen molar-refractivity contribution in [1.29, 1.82) is 0 Å². The van der Waals surface area contributed by atoms with Gasteiger partial charge in [-0.3, -0.25) is 4.79 Å². The molecule has 0 aromatic carbocycles. The lowest BCUT2D eigenvalue weighted by Gasteiger charge is -2.14. The number of aromatic nitrogens is 1. The molecule has 0 atom stereocenters. The van der Waals surface area contributed by atoms with Crippen LogP contribution in [0.3, 0.4) is 0 Å². The first-order valence-electron chi connectivity index (χ1n) is 5.44. The van der Waals surface area contributed by atoms with Crippen LogP contribution in [0.15, 0.2) is 6.20 Å². The molecule has 1 aromatic rings. The Balaban J connectivity index is 3.05. The first kappa shape index (κ1) is 15.9. The van der Waals surface area contributed by atoms with Crippen LogP contribution in [-0.4, -0.2) is 36.1 Å². The first-order chi connectivity index (χ1) is 9.28. The van der Waals surface area contributed by atoms with Gasteiger partial charge >= 0.3 is 12.3 Å². The van der Waals surface area contributed by atoms with Gasteiger partial charge < -0.3 is 19.3 Å². The second kappa shape index (κ2) is 6.31. The van der Waals surface area contributed by atoms with Crippen LogP contribution < -0.4 is 9.47 Å². The van der Waals surface area contributed by atoms with Gasteiger partial charge in [0.25, 0.3) is 5.88 Å². The molecule has 0 aliphatic rings. The molecule has 0 aliphatic heterocycles. The number of rotatable bonds is 5. The maximum Gasteiger partial charge on any atom is 0.574 e. The van der Waals surface area contributed by atoms with Crippen LogP contribution in [0.2, 0.25) is 0 Å². The summed E-state index contributed by atoms with van der Waals surface area (Å²) in [5.41, 5.74) is 0.0815. The Hall–Kier alpha value is -2.19. The molecule has 0 saturated carbocycles. The minimum absolute atomic E-state index is 0.0815. The van der Waals surface area contributed by atoms with Gasteiger partial charge in [-0.25, -0.2) is 4.98 Å². The largest absolute Gasteiger partial charge is 0.574 e. The molecule has 1 heterocycles. The van der Waals surface area contributed by atoms with Crippen molar-refractivity contribution >= 4 is 5.97 Å². The van der Waals surface area contributed by atoms with E-state index in [0.717, 1.165) is 13.3 Å². The lowest BCUT2D eigenvalue weighted by Crippen LogP contribution is -2.18. The minimum atomic E-state index is -5.00. The van der Waals surface area contributed by atoms with Crippen LogP contribution in [-0.2, 0) is 16.0 Å². The standard InChI is InChI=1S/C11H12F3NO5/c1-3-19-7(16)4-6-5-15-10(20-11(12,13)14)8(17)9(6)18-2/h5,17H,3-4H2,1-2H3. The molecule has 1 aromatic heterocycles. The molecule has 0 aliphatic carbocycles. The van der Waals surface area contributed by atoms with E-state index in [1.54, 1.807) is 6.92 Å². The van der Waals surface area contributed by atoms with Crippen molar-refractivity contribution in [3.8, 4) is 17.4 Å². The van der Waals surface area contributed by atoms with Crippen molar-refractivity contribution in [2.75, 3.05) is 13.7 Å². The summed E-state index contributed by atoms with van der Waals surface area (Å²) in [4.78, 5) is 14.6. The van der Waals surface area contributed by atoms with Crippen LogP contribution in [0.5, 0.6) is 17.4 Å². The van der Waals surface area contributed by atoms with Crippen LogP contribution in [0, 0.1) is 0 Å². The van der Waals surface area contributed by atoms with Gasteiger partial charge in [0.15, 0.2) is 5.75 Å². The fourth-order valence-electron chi connectivity index (χ4n) is 1.41. The molecule has 6 nitrogen and oxygen atoms in total. The third-order valence-corrected chi connectivity index (χ3v) is 2.10. The predicted octanol–water partition coefficient (Wildman–Crippen LogP) is 1.80. The van der Waals surface area contributed by atoms with E-state index in [0.29, 0.717) is 0 Å². The third-order valence-electron chi connectivity index (χ3n) is 2.10. The van der Waals surface area contributed by atoms with E-state index >= 15 is 0 Å². The Morgan fingerprint density at radius 2 is 2.10 bits per heavy atom. The molecule has 20 heavy (non-hydrogen) atoms. The number of esters is 1. The number of methoxy groups -OCH3 is 1. The molecule has 0 radical (unpaired) electrons. The SMILES string of the molecule is CCOC(=O)Cc1cnc(OC(F)(F)F)c(O)c1OC. The Kier molecular flexibility index (Phi) is 5.00. The van der Waals surface area contributed by atoms with Crippen LogP contribution in [0.1, 0.15) is 12.5 Å². The Morgan fingerprint density at radius 1 is 1.45 bits per heavy atom. The van der Waals surface area contributed by atoms with Crippen molar-refractivity contribution in [1.82, 2.24) is 4.98 Å². The topological polar surface area (TPSA) is 77.9 Å². The van der Waals surface area contributed by atoms with Gasteiger partial charge in [-0.2, -0.15) is 0 Å². The molecule has 0 bridgehead atoms. The average Bonchev–Trinajstić information content (AvgIpc) is 2.32. The Labute approximate surface area is 112 Å². The first-order valence-corrected chi connectivity index (χ1v) is 5.44. The number of hydrogen-bond acceptors (Lipinski definition) is 6. The van der Waals surface area contributed by atoms with Crippen molar-refractivity contribution in [3.05, 3.63) is 11.8 Å². The van der Waals surface area contributed by atoms with Gasteiger partial charge in [-0.05, 0) is 6.92 Å². The molecule has 1 rings (SSSR count). The van der Waals surface area contributed by atoms with Gasteiger partial charge in [-0.15, -0.1) is 13.2 Å². The highest BCUT2D eigenvalue weighted by molar-refractivity contribution is 5.74. The summed E-state index contributed by atoms with van der Waals surface area (Å²) in [6, 6.07) is 0. The maximum atomic E-state index is 12.1. The number of aromatic hydroxyl groups is 1. The number of alkyl halides is 3.